The summed E-state index contributed by atoms with van der Waals surface area (Å²) in [6.45, 7) is 4.78. The van der Waals surface area contributed by atoms with E-state index in [4.69, 9.17) is 14.2 Å². The van der Waals surface area contributed by atoms with E-state index in [1.165, 1.54) is 0 Å². The molecule has 1 fully saturated rings. The molecule has 1 atom stereocenters. The monoisotopic (exact) mass is 245 g/mol. The summed E-state index contributed by atoms with van der Waals surface area (Å²) in [5.74, 6) is -0.165. The molecule has 1 saturated heterocycles. The highest BCUT2D eigenvalue weighted by Gasteiger charge is 2.39. The van der Waals surface area contributed by atoms with Crippen LogP contribution in [-0.2, 0) is 19.0 Å². The fraction of sp³-hybridized carbons (Fsp3) is 0.917. The van der Waals surface area contributed by atoms with Gasteiger partial charge in [0, 0.05) is 26.9 Å². The Morgan fingerprint density at radius 3 is 2.94 bits per heavy atom. The molecule has 0 spiro atoms. The zero-order valence-electron chi connectivity index (χ0n) is 10.8. The van der Waals surface area contributed by atoms with Gasteiger partial charge in [-0.1, -0.05) is 0 Å². The van der Waals surface area contributed by atoms with Gasteiger partial charge in [-0.25, -0.2) is 0 Å². The Morgan fingerprint density at radius 1 is 1.41 bits per heavy atom. The molecule has 1 rings (SSSR count). The van der Waals surface area contributed by atoms with Crippen LogP contribution in [0.25, 0.3) is 0 Å². The van der Waals surface area contributed by atoms with Crippen LogP contribution < -0.4 is 5.32 Å². The van der Waals surface area contributed by atoms with Gasteiger partial charge in [-0.2, -0.15) is 0 Å². The predicted molar refractivity (Wildman–Crippen MR) is 63.9 cm³/mol. The van der Waals surface area contributed by atoms with Crippen molar-refractivity contribution in [2.75, 3.05) is 40.1 Å². The first-order valence-corrected chi connectivity index (χ1v) is 6.24. The van der Waals surface area contributed by atoms with E-state index in [9.17, 15) is 4.79 Å². The van der Waals surface area contributed by atoms with E-state index >= 15 is 0 Å². The summed E-state index contributed by atoms with van der Waals surface area (Å²) in [5, 5.41) is 3.28. The van der Waals surface area contributed by atoms with Crippen LogP contribution in [0.2, 0.25) is 0 Å². The van der Waals surface area contributed by atoms with Gasteiger partial charge < -0.3 is 14.2 Å². The summed E-state index contributed by atoms with van der Waals surface area (Å²) in [6.07, 6.45) is 2.30. The SMILES string of the molecule is CCOC(=O)C1(NCCOC)CCCOCC1. The van der Waals surface area contributed by atoms with E-state index in [1.54, 1.807) is 7.11 Å². The summed E-state index contributed by atoms with van der Waals surface area (Å²) in [4.78, 5) is 12.1. The van der Waals surface area contributed by atoms with Crippen LogP contribution in [0.15, 0.2) is 0 Å². The molecule has 0 aromatic heterocycles. The second kappa shape index (κ2) is 7.63. The summed E-state index contributed by atoms with van der Waals surface area (Å²) in [6, 6.07) is 0. The second-order valence-electron chi connectivity index (χ2n) is 4.19. The number of carbonyl (C=O) groups is 1. The lowest BCUT2D eigenvalue weighted by atomic mass is 9.90. The Balaban J connectivity index is 2.63. The van der Waals surface area contributed by atoms with Crippen LogP contribution in [-0.4, -0.2) is 51.6 Å². The average Bonchev–Trinajstić information content (AvgIpc) is 2.56. The highest BCUT2D eigenvalue weighted by Crippen LogP contribution is 2.23. The summed E-state index contributed by atoms with van der Waals surface area (Å²) in [5.41, 5.74) is -0.592. The minimum Gasteiger partial charge on any atom is -0.465 e. The first-order valence-electron chi connectivity index (χ1n) is 6.24. The molecular formula is C12H23NO4. The molecule has 17 heavy (non-hydrogen) atoms. The van der Waals surface area contributed by atoms with Gasteiger partial charge in [-0.3, -0.25) is 10.1 Å². The summed E-state index contributed by atoms with van der Waals surface area (Å²) < 4.78 is 15.6. The van der Waals surface area contributed by atoms with Gasteiger partial charge in [0.15, 0.2) is 0 Å². The molecule has 1 aliphatic heterocycles. The van der Waals surface area contributed by atoms with Crippen LogP contribution in [0.1, 0.15) is 26.2 Å². The molecule has 0 saturated carbocycles. The maximum atomic E-state index is 12.1. The molecule has 0 aromatic carbocycles. The van der Waals surface area contributed by atoms with E-state index in [0.29, 0.717) is 39.4 Å². The molecule has 0 amide bonds. The van der Waals surface area contributed by atoms with Crippen molar-refractivity contribution in [1.29, 1.82) is 0 Å². The number of hydrogen-bond acceptors (Lipinski definition) is 5. The highest BCUT2D eigenvalue weighted by molar-refractivity contribution is 5.80. The topological polar surface area (TPSA) is 56.8 Å². The zero-order valence-corrected chi connectivity index (χ0v) is 10.8. The maximum Gasteiger partial charge on any atom is 0.326 e. The van der Waals surface area contributed by atoms with Crippen molar-refractivity contribution in [3.05, 3.63) is 0 Å². The molecule has 5 nitrogen and oxygen atoms in total. The molecule has 0 bridgehead atoms. The van der Waals surface area contributed by atoms with Crippen molar-refractivity contribution in [3.63, 3.8) is 0 Å². The van der Waals surface area contributed by atoms with Gasteiger partial charge in [0.1, 0.15) is 5.54 Å². The third kappa shape index (κ3) is 4.26. The van der Waals surface area contributed by atoms with Crippen molar-refractivity contribution in [2.24, 2.45) is 0 Å². The predicted octanol–water partition coefficient (Wildman–Crippen LogP) is 0.725. The highest BCUT2D eigenvalue weighted by atomic mass is 16.5. The van der Waals surface area contributed by atoms with Crippen LogP contribution in [0.3, 0.4) is 0 Å². The van der Waals surface area contributed by atoms with Crippen molar-refractivity contribution in [1.82, 2.24) is 5.32 Å². The Kier molecular flexibility index (Phi) is 6.47. The number of ether oxygens (including phenoxy) is 3. The minimum atomic E-state index is -0.592. The number of rotatable bonds is 6. The van der Waals surface area contributed by atoms with Crippen molar-refractivity contribution in [2.45, 2.75) is 31.7 Å². The summed E-state index contributed by atoms with van der Waals surface area (Å²) in [7, 11) is 1.65. The Bertz CT molecular complexity index is 225. The van der Waals surface area contributed by atoms with E-state index in [1.807, 2.05) is 6.92 Å². The molecule has 1 unspecified atom stereocenters. The molecule has 5 heteroatoms. The van der Waals surface area contributed by atoms with Crippen LogP contribution in [0.4, 0.5) is 0 Å². The minimum absolute atomic E-state index is 0.165. The molecule has 1 heterocycles. The Labute approximate surface area is 103 Å². The lowest BCUT2D eigenvalue weighted by molar-refractivity contribution is -0.152. The lowest BCUT2D eigenvalue weighted by Gasteiger charge is -2.30. The van der Waals surface area contributed by atoms with Gasteiger partial charge in [0.25, 0.3) is 0 Å². The van der Waals surface area contributed by atoms with Gasteiger partial charge >= 0.3 is 5.97 Å². The molecule has 0 aromatic rings. The fourth-order valence-corrected chi connectivity index (χ4v) is 2.06. The van der Waals surface area contributed by atoms with E-state index in [-0.39, 0.29) is 5.97 Å². The van der Waals surface area contributed by atoms with Gasteiger partial charge in [0.2, 0.25) is 0 Å². The molecule has 0 radical (unpaired) electrons. The normalized spacial score (nSPS) is 25.3. The number of nitrogens with one attached hydrogen (secondary N) is 1. The quantitative estimate of drug-likeness (QED) is 0.552. The smallest absolute Gasteiger partial charge is 0.326 e. The summed E-state index contributed by atoms with van der Waals surface area (Å²) >= 11 is 0. The van der Waals surface area contributed by atoms with Gasteiger partial charge in [0.05, 0.1) is 13.2 Å². The van der Waals surface area contributed by atoms with E-state index < -0.39 is 5.54 Å². The largest absolute Gasteiger partial charge is 0.465 e. The molecule has 0 aliphatic carbocycles. The van der Waals surface area contributed by atoms with E-state index in [0.717, 1.165) is 12.8 Å². The zero-order chi connectivity index (χ0) is 12.6. The van der Waals surface area contributed by atoms with E-state index in [2.05, 4.69) is 5.32 Å². The van der Waals surface area contributed by atoms with Crippen molar-refractivity contribution < 1.29 is 19.0 Å². The lowest BCUT2D eigenvalue weighted by Crippen LogP contribution is -2.54. The number of carbonyl (C=O) groups excluding carboxylic acids is 1. The van der Waals surface area contributed by atoms with Gasteiger partial charge in [-0.15, -0.1) is 0 Å². The van der Waals surface area contributed by atoms with Crippen LogP contribution >= 0.6 is 0 Å². The van der Waals surface area contributed by atoms with Crippen LogP contribution in [0.5, 0.6) is 0 Å². The molecular weight excluding hydrogens is 222 g/mol. The standard InChI is InChI=1S/C12H23NO4/c1-3-17-11(14)12(13-7-10-15-2)5-4-8-16-9-6-12/h13H,3-10H2,1-2H3. The Morgan fingerprint density at radius 2 is 2.24 bits per heavy atom. The van der Waals surface area contributed by atoms with Crippen molar-refractivity contribution >= 4 is 5.97 Å². The van der Waals surface area contributed by atoms with Crippen LogP contribution in [0, 0.1) is 0 Å². The third-order valence-corrected chi connectivity index (χ3v) is 3.00. The molecule has 100 valence electrons. The van der Waals surface area contributed by atoms with Gasteiger partial charge in [-0.05, 0) is 26.2 Å². The Hall–Kier alpha value is -0.650. The van der Waals surface area contributed by atoms with Crippen molar-refractivity contribution in [3.8, 4) is 0 Å². The number of hydrogen-bond donors (Lipinski definition) is 1. The fourth-order valence-electron chi connectivity index (χ4n) is 2.06. The second-order valence-corrected chi connectivity index (χ2v) is 4.19. The number of methoxy groups -OCH3 is 1. The average molecular weight is 245 g/mol. The first kappa shape index (κ1) is 14.4. The molecule has 1 N–H and O–H groups in total. The third-order valence-electron chi connectivity index (χ3n) is 3.00. The first-order chi connectivity index (χ1) is 8.25. The molecule has 1 aliphatic rings. The number of esters is 1. The maximum absolute atomic E-state index is 12.1.